The lowest BCUT2D eigenvalue weighted by atomic mass is 9.90. The van der Waals surface area contributed by atoms with E-state index >= 15 is 0 Å². The maximum atomic E-state index is 14.0. The molecular formula is C48H65N5O12. The molecule has 354 valence electrons. The molecule has 1 heterocycles. The number of benzene rings is 3. The summed E-state index contributed by atoms with van der Waals surface area (Å²) in [7, 11) is 1.28. The summed E-state index contributed by atoms with van der Waals surface area (Å²) in [4.78, 5) is 65.6. The summed E-state index contributed by atoms with van der Waals surface area (Å²) >= 11 is 0. The highest BCUT2D eigenvalue weighted by molar-refractivity contribution is 5.98. The minimum absolute atomic E-state index is 0.0538. The maximum absolute atomic E-state index is 14.0. The lowest BCUT2D eigenvalue weighted by molar-refractivity contribution is -0.257. The first kappa shape index (κ1) is 50.4. The van der Waals surface area contributed by atoms with E-state index in [0.717, 1.165) is 22.3 Å². The zero-order valence-electron chi connectivity index (χ0n) is 38.1. The Balaban J connectivity index is 1.28. The second-order valence-corrected chi connectivity index (χ2v) is 16.2. The fraction of sp³-hybridized carbons (Fsp3) is 0.521. The highest BCUT2D eigenvalue weighted by Gasteiger charge is 2.50. The zero-order chi connectivity index (χ0) is 47.0. The SMILES string of the molecule is CCO[C@@H]1[C@@H](OCC)[C@H](CCc2cc(NC(=O)[C@H](CCCNC(N)=O)NC(=O)[C@@H](NC(=O)OCC3c4ccccc4-c4ccccc43)C(C)C)ccc2CO)O[C@H](C(=O)OC)[C@H]1OCC. The summed E-state index contributed by atoms with van der Waals surface area (Å²) < 4.78 is 35.4. The molecule has 17 nitrogen and oxygen atoms in total. The van der Waals surface area contributed by atoms with Crippen LogP contribution < -0.4 is 27.0 Å². The van der Waals surface area contributed by atoms with E-state index in [1.54, 1.807) is 32.0 Å². The number of aryl methyl sites for hydroxylation is 1. The number of primary amides is 1. The molecule has 2 aliphatic rings. The molecule has 7 atom stereocenters. The van der Waals surface area contributed by atoms with Gasteiger partial charge in [-0.15, -0.1) is 0 Å². The molecule has 1 aliphatic carbocycles. The summed E-state index contributed by atoms with van der Waals surface area (Å²) in [6.45, 7) is 9.94. The third kappa shape index (κ3) is 13.0. The minimum Gasteiger partial charge on any atom is -0.467 e. The molecule has 1 fully saturated rings. The predicted molar refractivity (Wildman–Crippen MR) is 242 cm³/mol. The Morgan fingerprint density at radius 3 is 2.03 bits per heavy atom. The topological polar surface area (TPSA) is 235 Å². The molecule has 1 saturated heterocycles. The predicted octanol–water partition coefficient (Wildman–Crippen LogP) is 4.70. The zero-order valence-corrected chi connectivity index (χ0v) is 38.1. The average molecular weight is 904 g/mol. The molecule has 3 aromatic rings. The molecule has 3 aromatic carbocycles. The van der Waals surface area contributed by atoms with E-state index < -0.39 is 78.4 Å². The van der Waals surface area contributed by atoms with Crippen LogP contribution in [0.4, 0.5) is 15.3 Å². The number of hydrogen-bond donors (Lipinski definition) is 6. The molecule has 0 radical (unpaired) electrons. The molecular weight excluding hydrogens is 839 g/mol. The van der Waals surface area contributed by atoms with E-state index in [2.05, 4.69) is 21.3 Å². The second kappa shape index (κ2) is 24.6. The number of carbonyl (C=O) groups excluding carboxylic acids is 5. The average Bonchev–Trinajstić information content (AvgIpc) is 3.62. The van der Waals surface area contributed by atoms with Crippen molar-refractivity contribution in [1.82, 2.24) is 16.0 Å². The Hall–Kier alpha value is -5.59. The Kier molecular flexibility index (Phi) is 19.1. The van der Waals surface area contributed by atoms with Crippen molar-refractivity contribution in [3.63, 3.8) is 0 Å². The number of esters is 1. The number of ether oxygens (including phenoxy) is 6. The maximum Gasteiger partial charge on any atom is 0.407 e. The van der Waals surface area contributed by atoms with Crippen LogP contribution in [0.3, 0.4) is 0 Å². The van der Waals surface area contributed by atoms with Gasteiger partial charge in [-0.1, -0.05) is 68.4 Å². The Labute approximate surface area is 380 Å². The van der Waals surface area contributed by atoms with Gasteiger partial charge < -0.3 is 60.5 Å². The Bertz CT molecular complexity index is 2040. The van der Waals surface area contributed by atoms with Crippen molar-refractivity contribution in [2.24, 2.45) is 11.7 Å². The lowest BCUT2D eigenvalue weighted by Gasteiger charge is -2.45. The molecule has 0 spiro atoms. The van der Waals surface area contributed by atoms with Gasteiger partial charge in [0, 0.05) is 38.0 Å². The number of methoxy groups -OCH3 is 1. The first-order chi connectivity index (χ1) is 31.3. The summed E-state index contributed by atoms with van der Waals surface area (Å²) in [5.74, 6) is -2.34. The van der Waals surface area contributed by atoms with Crippen molar-refractivity contribution in [1.29, 1.82) is 0 Å². The lowest BCUT2D eigenvalue weighted by Crippen LogP contribution is -2.62. The van der Waals surface area contributed by atoms with Crippen LogP contribution in [0, 0.1) is 5.92 Å². The van der Waals surface area contributed by atoms with Gasteiger partial charge in [0.25, 0.3) is 0 Å². The Morgan fingerprint density at radius 1 is 0.800 bits per heavy atom. The van der Waals surface area contributed by atoms with Gasteiger partial charge >= 0.3 is 18.1 Å². The standard InChI is InChI=1S/C48H65N5O12/c1-7-61-40-38(65-43(46(57)60-6)42(63-9-3)41(40)62-8-2)23-21-29-25-31(22-20-30(29)26-54)51-44(55)37(19-14-24-50-47(49)58)52-45(56)39(28(4)5)53-48(59)64-27-36-34-17-12-10-15-32(34)33-16-11-13-18-35(33)36/h10-13,15-18,20,22,25,28,36-43,54H,7-9,14,19,21,23-24,26-27H2,1-6H3,(H,51,55)(H,52,56)(H,53,59)(H3,49,50,58)/t37-,38-,39-,40-,41+,42-,43-/m0/s1. The highest BCUT2D eigenvalue weighted by atomic mass is 16.6. The van der Waals surface area contributed by atoms with Crippen LogP contribution in [0.15, 0.2) is 66.7 Å². The number of nitrogens with two attached hydrogens (primary N) is 1. The molecule has 65 heavy (non-hydrogen) atoms. The van der Waals surface area contributed by atoms with E-state index in [-0.39, 0.29) is 38.5 Å². The van der Waals surface area contributed by atoms with Crippen LogP contribution >= 0.6 is 0 Å². The minimum atomic E-state index is -1.10. The number of urea groups is 1. The number of carbonyl (C=O) groups is 5. The van der Waals surface area contributed by atoms with Gasteiger partial charge in [0.1, 0.15) is 37.0 Å². The molecule has 1 aliphatic heterocycles. The summed E-state index contributed by atoms with van der Waals surface area (Å²) in [6, 6.07) is 18.1. The van der Waals surface area contributed by atoms with Gasteiger partial charge in [0.2, 0.25) is 11.8 Å². The summed E-state index contributed by atoms with van der Waals surface area (Å²) in [5.41, 5.74) is 11.2. The molecule has 5 amide bonds. The fourth-order valence-electron chi connectivity index (χ4n) is 8.57. The second-order valence-electron chi connectivity index (χ2n) is 16.2. The number of alkyl carbamates (subject to hydrolysis) is 1. The molecule has 5 rings (SSSR count). The van der Waals surface area contributed by atoms with Crippen LogP contribution in [0.5, 0.6) is 0 Å². The van der Waals surface area contributed by atoms with Gasteiger partial charge in [0.15, 0.2) is 6.10 Å². The number of fused-ring (bicyclic) bond motifs is 3. The number of aliphatic hydroxyl groups is 1. The first-order valence-corrected chi connectivity index (χ1v) is 22.4. The van der Waals surface area contributed by atoms with Crippen LogP contribution in [0.25, 0.3) is 11.1 Å². The van der Waals surface area contributed by atoms with Crippen molar-refractivity contribution in [2.45, 2.75) is 115 Å². The van der Waals surface area contributed by atoms with E-state index in [9.17, 15) is 29.1 Å². The number of aliphatic hydroxyl groups excluding tert-OH is 1. The van der Waals surface area contributed by atoms with Gasteiger partial charge in [0.05, 0.1) is 19.8 Å². The molecule has 0 saturated carbocycles. The molecule has 0 aromatic heterocycles. The van der Waals surface area contributed by atoms with Crippen LogP contribution in [0.1, 0.15) is 82.1 Å². The molecule has 0 bridgehead atoms. The highest BCUT2D eigenvalue weighted by Crippen LogP contribution is 2.44. The molecule has 0 unspecified atom stereocenters. The number of amides is 5. The van der Waals surface area contributed by atoms with E-state index in [1.807, 2.05) is 69.3 Å². The number of nitrogens with one attached hydrogen (secondary N) is 4. The van der Waals surface area contributed by atoms with Crippen molar-refractivity contribution in [3.8, 4) is 11.1 Å². The molecule has 17 heteroatoms. The van der Waals surface area contributed by atoms with Crippen LogP contribution in [-0.2, 0) is 55.8 Å². The summed E-state index contributed by atoms with van der Waals surface area (Å²) in [6.07, 6.45) is -3.43. The largest absolute Gasteiger partial charge is 0.467 e. The van der Waals surface area contributed by atoms with E-state index in [4.69, 9.17) is 34.2 Å². The first-order valence-electron chi connectivity index (χ1n) is 22.4. The number of hydrogen-bond acceptors (Lipinski definition) is 12. The van der Waals surface area contributed by atoms with E-state index in [0.29, 0.717) is 49.5 Å². The van der Waals surface area contributed by atoms with Crippen molar-refractivity contribution >= 4 is 35.6 Å². The van der Waals surface area contributed by atoms with Crippen molar-refractivity contribution in [3.05, 3.63) is 89.0 Å². The van der Waals surface area contributed by atoms with E-state index in [1.165, 1.54) is 7.11 Å². The van der Waals surface area contributed by atoms with Crippen LogP contribution in [-0.4, -0.2) is 118 Å². The third-order valence-corrected chi connectivity index (χ3v) is 11.7. The molecule has 7 N–H and O–H groups in total. The Morgan fingerprint density at radius 2 is 1.43 bits per heavy atom. The van der Waals surface area contributed by atoms with Crippen molar-refractivity contribution < 1.29 is 57.5 Å². The summed E-state index contributed by atoms with van der Waals surface area (Å²) in [5, 5.41) is 21.2. The van der Waals surface area contributed by atoms with Gasteiger partial charge in [-0.2, -0.15) is 0 Å². The smallest absolute Gasteiger partial charge is 0.407 e. The monoisotopic (exact) mass is 903 g/mol. The number of rotatable bonds is 23. The third-order valence-electron chi connectivity index (χ3n) is 11.7. The normalized spacial score (nSPS) is 19.9. The van der Waals surface area contributed by atoms with Crippen molar-refractivity contribution in [2.75, 3.05) is 45.4 Å². The quantitative estimate of drug-likeness (QED) is 0.0562. The van der Waals surface area contributed by atoms with Gasteiger partial charge in [-0.25, -0.2) is 14.4 Å². The van der Waals surface area contributed by atoms with Gasteiger partial charge in [-0.05, 0) is 97.9 Å². The van der Waals surface area contributed by atoms with Gasteiger partial charge in [-0.3, -0.25) is 9.59 Å². The number of anilines is 1. The van der Waals surface area contributed by atoms with Crippen LogP contribution in [0.2, 0.25) is 0 Å². The fourth-order valence-corrected chi connectivity index (χ4v) is 8.57.